The van der Waals surface area contributed by atoms with Gasteiger partial charge in [0.25, 0.3) is 5.56 Å². The van der Waals surface area contributed by atoms with Gasteiger partial charge in [0.1, 0.15) is 11.3 Å². The van der Waals surface area contributed by atoms with E-state index in [2.05, 4.69) is 10.3 Å². The average molecular weight is 301 g/mol. The first-order valence-corrected chi connectivity index (χ1v) is 6.39. The minimum Gasteiger partial charge on any atom is -0.409 e. The Balaban J connectivity index is 2.08. The van der Waals surface area contributed by atoms with Crippen molar-refractivity contribution in [2.24, 2.45) is 10.9 Å². The minimum absolute atomic E-state index is 0.0249. The standard InChI is InChI=1S/C14H12FN5O2/c15-10-3-1-9(2-4-10)11-7-12-14(21)19(8-13(16)18-22)5-6-20(12)17-11/h1-7,22H,8H2,(H2,16,18). The molecule has 3 rings (SSSR count). The molecule has 0 unspecified atom stereocenters. The fourth-order valence-electron chi connectivity index (χ4n) is 2.12. The quantitative estimate of drug-likeness (QED) is 0.327. The molecule has 0 aliphatic heterocycles. The molecule has 0 spiro atoms. The maximum absolute atomic E-state index is 13.0. The van der Waals surface area contributed by atoms with E-state index < -0.39 is 0 Å². The minimum atomic E-state index is -0.339. The first-order valence-electron chi connectivity index (χ1n) is 6.39. The third kappa shape index (κ3) is 2.41. The maximum Gasteiger partial charge on any atom is 0.277 e. The molecule has 0 aliphatic rings. The van der Waals surface area contributed by atoms with Crippen molar-refractivity contribution in [1.82, 2.24) is 14.2 Å². The summed E-state index contributed by atoms with van der Waals surface area (Å²) >= 11 is 0. The largest absolute Gasteiger partial charge is 0.409 e. The zero-order valence-corrected chi connectivity index (χ0v) is 11.3. The first kappa shape index (κ1) is 13.8. The third-order valence-electron chi connectivity index (χ3n) is 3.20. The lowest BCUT2D eigenvalue weighted by Crippen LogP contribution is -2.28. The Labute approximate surface area is 123 Å². The topological polar surface area (TPSA) is 97.9 Å². The highest BCUT2D eigenvalue weighted by molar-refractivity contribution is 5.79. The van der Waals surface area contributed by atoms with Crippen LogP contribution in [0.1, 0.15) is 0 Å². The molecule has 7 nitrogen and oxygen atoms in total. The van der Waals surface area contributed by atoms with Crippen LogP contribution in [0.25, 0.3) is 16.8 Å². The van der Waals surface area contributed by atoms with Crippen molar-refractivity contribution in [2.45, 2.75) is 6.54 Å². The Hall–Kier alpha value is -3.16. The molecule has 0 fully saturated rings. The summed E-state index contributed by atoms with van der Waals surface area (Å²) in [6.07, 6.45) is 3.09. The lowest BCUT2D eigenvalue weighted by atomic mass is 10.1. The summed E-state index contributed by atoms with van der Waals surface area (Å²) in [6, 6.07) is 7.45. The fourth-order valence-corrected chi connectivity index (χ4v) is 2.12. The van der Waals surface area contributed by atoms with Crippen LogP contribution in [0.5, 0.6) is 0 Å². The summed E-state index contributed by atoms with van der Waals surface area (Å²) in [7, 11) is 0. The Morgan fingerprint density at radius 1 is 1.32 bits per heavy atom. The number of benzene rings is 1. The summed E-state index contributed by atoms with van der Waals surface area (Å²) in [5, 5.41) is 15.7. The van der Waals surface area contributed by atoms with Gasteiger partial charge in [-0.3, -0.25) is 4.79 Å². The van der Waals surface area contributed by atoms with Gasteiger partial charge in [-0.2, -0.15) is 5.10 Å². The van der Waals surface area contributed by atoms with Crippen LogP contribution < -0.4 is 11.3 Å². The molecule has 1 aromatic carbocycles. The highest BCUT2D eigenvalue weighted by atomic mass is 19.1. The van der Waals surface area contributed by atoms with Gasteiger partial charge in [-0.25, -0.2) is 8.91 Å². The second-order valence-electron chi connectivity index (χ2n) is 4.69. The molecule has 0 saturated carbocycles. The summed E-state index contributed by atoms with van der Waals surface area (Å²) in [5.74, 6) is -0.418. The van der Waals surface area contributed by atoms with Gasteiger partial charge in [0.05, 0.1) is 12.2 Å². The molecule has 2 heterocycles. The number of rotatable bonds is 3. The van der Waals surface area contributed by atoms with Gasteiger partial charge in [0, 0.05) is 18.0 Å². The second-order valence-corrected chi connectivity index (χ2v) is 4.69. The molecule has 3 N–H and O–H groups in total. The summed E-state index contributed by atoms with van der Waals surface area (Å²) < 4.78 is 15.7. The molecule has 0 atom stereocenters. The fraction of sp³-hybridized carbons (Fsp3) is 0.0714. The van der Waals surface area contributed by atoms with Gasteiger partial charge in [0.2, 0.25) is 0 Å². The Kier molecular flexibility index (Phi) is 3.34. The molecule has 8 heteroatoms. The van der Waals surface area contributed by atoms with E-state index in [1.54, 1.807) is 24.4 Å². The second kappa shape index (κ2) is 5.32. The summed E-state index contributed by atoms with van der Waals surface area (Å²) in [6.45, 7) is -0.0249. The predicted octanol–water partition coefficient (Wildman–Crippen LogP) is 1.05. The van der Waals surface area contributed by atoms with Gasteiger partial charge in [-0.1, -0.05) is 5.16 Å². The van der Waals surface area contributed by atoms with E-state index in [9.17, 15) is 9.18 Å². The van der Waals surface area contributed by atoms with E-state index in [-0.39, 0.29) is 23.8 Å². The number of nitrogens with two attached hydrogens (primary N) is 1. The Morgan fingerprint density at radius 2 is 2.05 bits per heavy atom. The van der Waals surface area contributed by atoms with Crippen molar-refractivity contribution in [3.05, 3.63) is 58.9 Å². The van der Waals surface area contributed by atoms with E-state index in [1.807, 2.05) is 0 Å². The highest BCUT2D eigenvalue weighted by Gasteiger charge is 2.10. The molecular formula is C14H12FN5O2. The maximum atomic E-state index is 13.0. The van der Waals surface area contributed by atoms with Crippen molar-refractivity contribution in [1.29, 1.82) is 0 Å². The van der Waals surface area contributed by atoms with E-state index in [4.69, 9.17) is 10.9 Å². The Morgan fingerprint density at radius 3 is 2.73 bits per heavy atom. The van der Waals surface area contributed by atoms with E-state index in [0.717, 1.165) is 0 Å². The van der Waals surface area contributed by atoms with Crippen molar-refractivity contribution in [2.75, 3.05) is 0 Å². The molecular weight excluding hydrogens is 289 g/mol. The number of amidine groups is 1. The van der Waals surface area contributed by atoms with Crippen LogP contribution in [0.3, 0.4) is 0 Å². The molecule has 0 bridgehead atoms. The number of aromatic nitrogens is 3. The van der Waals surface area contributed by atoms with E-state index in [1.165, 1.54) is 27.4 Å². The molecule has 0 amide bonds. The molecule has 3 aromatic rings. The number of fused-ring (bicyclic) bond motifs is 1. The normalized spacial score (nSPS) is 12.0. The molecule has 112 valence electrons. The zero-order chi connectivity index (χ0) is 15.7. The molecule has 22 heavy (non-hydrogen) atoms. The van der Waals surface area contributed by atoms with Gasteiger partial charge in [0.15, 0.2) is 5.84 Å². The molecule has 0 aliphatic carbocycles. The van der Waals surface area contributed by atoms with Gasteiger partial charge < -0.3 is 15.5 Å². The van der Waals surface area contributed by atoms with Crippen molar-refractivity contribution in [3.8, 4) is 11.3 Å². The first-order chi connectivity index (χ1) is 10.6. The Bertz CT molecular complexity index is 911. The third-order valence-corrected chi connectivity index (χ3v) is 3.20. The van der Waals surface area contributed by atoms with E-state index >= 15 is 0 Å². The van der Waals surface area contributed by atoms with Crippen LogP contribution in [-0.2, 0) is 6.54 Å². The smallest absolute Gasteiger partial charge is 0.277 e. The SMILES string of the molecule is N/C(Cn1ccn2nc(-c3ccc(F)cc3)cc2c1=O)=N/O. The van der Waals surface area contributed by atoms with Crippen LogP contribution in [0.15, 0.2) is 52.7 Å². The van der Waals surface area contributed by atoms with Gasteiger partial charge in [-0.15, -0.1) is 0 Å². The van der Waals surface area contributed by atoms with Crippen molar-refractivity contribution in [3.63, 3.8) is 0 Å². The number of hydrogen-bond donors (Lipinski definition) is 2. The lowest BCUT2D eigenvalue weighted by Gasteiger charge is -2.03. The number of oxime groups is 1. The van der Waals surface area contributed by atoms with Crippen LogP contribution in [-0.4, -0.2) is 25.2 Å². The van der Waals surface area contributed by atoms with Crippen molar-refractivity contribution < 1.29 is 9.60 Å². The van der Waals surface area contributed by atoms with Crippen LogP contribution in [0.4, 0.5) is 4.39 Å². The van der Waals surface area contributed by atoms with E-state index in [0.29, 0.717) is 16.8 Å². The monoisotopic (exact) mass is 301 g/mol. The molecule has 0 radical (unpaired) electrons. The molecule has 2 aromatic heterocycles. The van der Waals surface area contributed by atoms with Gasteiger partial charge >= 0.3 is 0 Å². The van der Waals surface area contributed by atoms with Crippen LogP contribution >= 0.6 is 0 Å². The number of nitrogens with zero attached hydrogens (tertiary/aromatic N) is 4. The average Bonchev–Trinajstić information content (AvgIpc) is 2.95. The van der Waals surface area contributed by atoms with Crippen LogP contribution in [0.2, 0.25) is 0 Å². The van der Waals surface area contributed by atoms with Crippen LogP contribution in [0, 0.1) is 5.82 Å². The van der Waals surface area contributed by atoms with Crippen molar-refractivity contribution >= 4 is 11.4 Å². The highest BCUT2D eigenvalue weighted by Crippen LogP contribution is 2.18. The number of halogens is 1. The zero-order valence-electron chi connectivity index (χ0n) is 11.3. The molecule has 0 saturated heterocycles. The summed E-state index contributed by atoms with van der Waals surface area (Å²) in [4.78, 5) is 12.3. The predicted molar refractivity (Wildman–Crippen MR) is 78.3 cm³/mol. The summed E-state index contributed by atoms with van der Waals surface area (Å²) in [5.41, 5.74) is 6.68. The number of hydrogen-bond acceptors (Lipinski definition) is 4. The lowest BCUT2D eigenvalue weighted by molar-refractivity contribution is 0.316. The van der Waals surface area contributed by atoms with Gasteiger partial charge in [-0.05, 0) is 30.3 Å².